The van der Waals surface area contributed by atoms with Crippen molar-refractivity contribution in [3.63, 3.8) is 0 Å². The zero-order valence-electron chi connectivity index (χ0n) is 14.2. The van der Waals surface area contributed by atoms with Crippen LogP contribution in [-0.2, 0) is 4.79 Å². The monoisotopic (exact) mass is 356 g/mol. The molecule has 25 heavy (non-hydrogen) atoms. The lowest BCUT2D eigenvalue weighted by molar-refractivity contribution is -0.173. The summed E-state index contributed by atoms with van der Waals surface area (Å²) in [5.41, 5.74) is 0.583. The summed E-state index contributed by atoms with van der Waals surface area (Å²) in [6, 6.07) is -0.293. The quantitative estimate of drug-likeness (QED) is 0.899. The second-order valence-electron chi connectivity index (χ2n) is 7.41. The summed E-state index contributed by atoms with van der Waals surface area (Å²) in [5.74, 6) is 0.671. The van der Waals surface area contributed by atoms with Crippen molar-refractivity contribution in [1.29, 1.82) is 0 Å². The maximum absolute atomic E-state index is 13.5. The molecule has 0 bridgehead atoms. The largest absolute Gasteiger partial charge is 0.410 e. The number of halogens is 3. The standard InChI is InChI=1S/C17H23F3N4O/c1-2-11-8-14(17(18,19)20)24-15(21-11)9-12(22-24)13-4-3-7-23(13)16(25)10-5-6-10/h9-11,13-14,21H,2-8H2,1H3/t11-,13-,14-/m1/s1. The predicted molar refractivity (Wildman–Crippen MR) is 86.0 cm³/mol. The molecule has 1 amide bonds. The number of carbonyl (C=O) groups is 1. The number of hydrogen-bond acceptors (Lipinski definition) is 3. The summed E-state index contributed by atoms with van der Waals surface area (Å²) in [6.45, 7) is 2.56. The van der Waals surface area contributed by atoms with E-state index in [0.29, 0.717) is 24.5 Å². The minimum absolute atomic E-state index is 0.0104. The van der Waals surface area contributed by atoms with E-state index in [1.807, 2.05) is 11.8 Å². The van der Waals surface area contributed by atoms with Gasteiger partial charge in [0, 0.05) is 24.6 Å². The first-order valence-electron chi connectivity index (χ1n) is 9.11. The third kappa shape index (κ3) is 3.00. The lowest BCUT2D eigenvalue weighted by Gasteiger charge is -2.32. The zero-order chi connectivity index (χ0) is 17.8. The first-order valence-corrected chi connectivity index (χ1v) is 9.11. The number of amides is 1. The molecule has 0 radical (unpaired) electrons. The molecule has 1 saturated heterocycles. The minimum Gasteiger partial charge on any atom is -0.367 e. The van der Waals surface area contributed by atoms with Gasteiger partial charge < -0.3 is 10.2 Å². The van der Waals surface area contributed by atoms with Crippen LogP contribution in [0.5, 0.6) is 0 Å². The van der Waals surface area contributed by atoms with Gasteiger partial charge in [-0.1, -0.05) is 6.92 Å². The van der Waals surface area contributed by atoms with Crippen LogP contribution in [-0.4, -0.2) is 39.4 Å². The van der Waals surface area contributed by atoms with Gasteiger partial charge in [0.2, 0.25) is 5.91 Å². The van der Waals surface area contributed by atoms with Crippen molar-refractivity contribution in [3.8, 4) is 0 Å². The van der Waals surface area contributed by atoms with Gasteiger partial charge >= 0.3 is 6.18 Å². The zero-order valence-corrected chi connectivity index (χ0v) is 14.2. The Kier molecular flexibility index (Phi) is 3.96. The highest BCUT2D eigenvalue weighted by molar-refractivity contribution is 5.81. The van der Waals surface area contributed by atoms with Crippen LogP contribution >= 0.6 is 0 Å². The molecule has 8 heteroatoms. The highest BCUT2D eigenvalue weighted by Crippen LogP contribution is 2.43. The Morgan fingerprint density at radius 2 is 2.12 bits per heavy atom. The molecule has 2 fully saturated rings. The fourth-order valence-electron chi connectivity index (χ4n) is 4.00. The van der Waals surface area contributed by atoms with Crippen LogP contribution in [0.1, 0.15) is 63.2 Å². The maximum Gasteiger partial charge on any atom is 0.410 e. The lowest BCUT2D eigenvalue weighted by atomic mass is 10.0. The molecule has 138 valence electrons. The number of likely N-dealkylation sites (tertiary alicyclic amines) is 1. The maximum atomic E-state index is 13.5. The number of anilines is 1. The van der Waals surface area contributed by atoms with E-state index in [0.717, 1.165) is 30.4 Å². The van der Waals surface area contributed by atoms with Crippen molar-refractivity contribution in [2.45, 2.75) is 69.8 Å². The van der Waals surface area contributed by atoms with Gasteiger partial charge in [-0.05, 0) is 38.5 Å². The number of aromatic nitrogens is 2. The predicted octanol–water partition coefficient (Wildman–Crippen LogP) is 3.65. The van der Waals surface area contributed by atoms with Crippen LogP contribution in [0.4, 0.5) is 19.0 Å². The van der Waals surface area contributed by atoms with E-state index in [1.54, 1.807) is 6.07 Å². The molecule has 0 unspecified atom stereocenters. The normalized spacial score (nSPS) is 29.4. The molecule has 3 heterocycles. The molecule has 1 aromatic heterocycles. The van der Waals surface area contributed by atoms with Crippen LogP contribution in [0.2, 0.25) is 0 Å². The van der Waals surface area contributed by atoms with E-state index in [9.17, 15) is 18.0 Å². The fourth-order valence-corrected chi connectivity index (χ4v) is 4.00. The molecule has 0 spiro atoms. The van der Waals surface area contributed by atoms with Gasteiger partial charge in [0.1, 0.15) is 5.82 Å². The fraction of sp³-hybridized carbons (Fsp3) is 0.765. The number of fused-ring (bicyclic) bond motifs is 1. The van der Waals surface area contributed by atoms with Crippen molar-refractivity contribution >= 4 is 11.7 Å². The highest BCUT2D eigenvalue weighted by atomic mass is 19.4. The van der Waals surface area contributed by atoms with Crippen molar-refractivity contribution < 1.29 is 18.0 Å². The van der Waals surface area contributed by atoms with Gasteiger partial charge in [-0.25, -0.2) is 4.68 Å². The Morgan fingerprint density at radius 3 is 2.76 bits per heavy atom. The highest BCUT2D eigenvalue weighted by Gasteiger charge is 2.47. The molecule has 1 aliphatic carbocycles. The van der Waals surface area contributed by atoms with E-state index in [4.69, 9.17) is 0 Å². The van der Waals surface area contributed by atoms with Crippen LogP contribution in [0.3, 0.4) is 0 Å². The van der Waals surface area contributed by atoms with Crippen LogP contribution in [0.15, 0.2) is 6.07 Å². The number of nitrogens with zero attached hydrogens (tertiary/aromatic N) is 3. The van der Waals surface area contributed by atoms with Crippen molar-refractivity contribution in [1.82, 2.24) is 14.7 Å². The SMILES string of the molecule is CC[C@@H]1C[C@H](C(F)(F)F)n2nc([C@H]3CCCN3C(=O)C3CC3)cc2N1. The summed E-state index contributed by atoms with van der Waals surface area (Å²) < 4.78 is 41.5. The van der Waals surface area contributed by atoms with E-state index >= 15 is 0 Å². The number of rotatable bonds is 3. The topological polar surface area (TPSA) is 50.2 Å². The van der Waals surface area contributed by atoms with Gasteiger partial charge in [-0.15, -0.1) is 0 Å². The molecule has 1 aromatic rings. The summed E-state index contributed by atoms with van der Waals surface area (Å²) in [5, 5.41) is 7.47. The number of hydrogen-bond donors (Lipinski definition) is 1. The van der Waals surface area contributed by atoms with Crippen molar-refractivity contribution in [2.24, 2.45) is 5.92 Å². The third-order valence-corrected chi connectivity index (χ3v) is 5.58. The van der Waals surface area contributed by atoms with Gasteiger partial charge in [0.25, 0.3) is 0 Å². The van der Waals surface area contributed by atoms with Gasteiger partial charge in [-0.2, -0.15) is 18.3 Å². The molecule has 2 aliphatic heterocycles. The van der Waals surface area contributed by atoms with E-state index < -0.39 is 12.2 Å². The molecule has 3 aliphatic rings. The molecular formula is C17H23F3N4O. The van der Waals surface area contributed by atoms with Gasteiger partial charge in [-0.3, -0.25) is 4.79 Å². The Hall–Kier alpha value is -1.73. The molecule has 3 atom stereocenters. The molecule has 5 nitrogen and oxygen atoms in total. The van der Waals surface area contributed by atoms with Gasteiger partial charge in [0.05, 0.1) is 11.7 Å². The van der Waals surface area contributed by atoms with E-state index in [1.165, 1.54) is 0 Å². The Labute approximate surface area is 144 Å². The second-order valence-corrected chi connectivity index (χ2v) is 7.41. The molecule has 4 rings (SSSR count). The van der Waals surface area contributed by atoms with E-state index in [-0.39, 0.29) is 30.3 Å². The second kappa shape index (κ2) is 5.92. The molecule has 1 N–H and O–H groups in total. The summed E-state index contributed by atoms with van der Waals surface area (Å²) >= 11 is 0. The smallest absolute Gasteiger partial charge is 0.367 e. The number of carbonyl (C=O) groups excluding carboxylic acids is 1. The van der Waals surface area contributed by atoms with Gasteiger partial charge in [0.15, 0.2) is 6.04 Å². The molecule has 1 saturated carbocycles. The summed E-state index contributed by atoms with van der Waals surface area (Å²) in [7, 11) is 0. The third-order valence-electron chi connectivity index (χ3n) is 5.58. The van der Waals surface area contributed by atoms with Crippen molar-refractivity contribution in [3.05, 3.63) is 11.8 Å². The Bertz CT molecular complexity index is 667. The molecular weight excluding hydrogens is 333 g/mol. The average molecular weight is 356 g/mol. The minimum atomic E-state index is -4.33. The Morgan fingerprint density at radius 1 is 1.36 bits per heavy atom. The van der Waals surface area contributed by atoms with Crippen LogP contribution in [0.25, 0.3) is 0 Å². The number of alkyl halides is 3. The number of nitrogens with one attached hydrogen (secondary N) is 1. The lowest BCUT2D eigenvalue weighted by Crippen LogP contribution is -2.39. The van der Waals surface area contributed by atoms with Crippen molar-refractivity contribution in [2.75, 3.05) is 11.9 Å². The van der Waals surface area contributed by atoms with Crippen LogP contribution < -0.4 is 5.32 Å². The Balaban J connectivity index is 1.64. The van der Waals surface area contributed by atoms with Crippen LogP contribution in [0, 0.1) is 5.92 Å². The average Bonchev–Trinajstić information content (AvgIpc) is 3.15. The summed E-state index contributed by atoms with van der Waals surface area (Å²) in [6.07, 6.45) is -0.212. The summed E-state index contributed by atoms with van der Waals surface area (Å²) in [4.78, 5) is 14.3. The molecule has 0 aromatic carbocycles. The first kappa shape index (κ1) is 16.7. The van der Waals surface area contributed by atoms with E-state index in [2.05, 4.69) is 10.4 Å². The first-order chi connectivity index (χ1) is 11.9.